The number of nitrogens with zero attached hydrogens (tertiary/aromatic N) is 1. The Labute approximate surface area is 197 Å². The highest BCUT2D eigenvalue weighted by molar-refractivity contribution is 6.39. The first-order valence-corrected chi connectivity index (χ1v) is 11.0. The Balaban J connectivity index is 1.37. The molecule has 3 N–H and O–H groups in total. The fraction of sp³-hybridized carbons (Fsp3) is 0.333. The second-order valence-electron chi connectivity index (χ2n) is 7.41. The van der Waals surface area contributed by atoms with Gasteiger partial charge < -0.3 is 24.8 Å². The summed E-state index contributed by atoms with van der Waals surface area (Å²) in [7, 11) is 0. The smallest absolute Gasteiger partial charge is 0.329 e. The van der Waals surface area contributed by atoms with Gasteiger partial charge in [0.2, 0.25) is 0 Å². The van der Waals surface area contributed by atoms with Gasteiger partial charge in [0.05, 0.1) is 18.9 Å². The lowest BCUT2D eigenvalue weighted by Gasteiger charge is -2.11. The van der Waals surface area contributed by atoms with Crippen LogP contribution in [0.15, 0.2) is 53.6 Å². The summed E-state index contributed by atoms with van der Waals surface area (Å²) in [6, 6.07) is 13.4. The van der Waals surface area contributed by atoms with Crippen molar-refractivity contribution in [1.82, 2.24) is 10.7 Å². The average Bonchev–Trinajstić information content (AvgIpc) is 3.37. The Morgan fingerprint density at radius 2 is 1.74 bits per heavy atom. The van der Waals surface area contributed by atoms with E-state index < -0.39 is 11.8 Å². The van der Waals surface area contributed by atoms with Crippen molar-refractivity contribution >= 4 is 29.6 Å². The maximum absolute atomic E-state index is 12.0. The average molecular weight is 469 g/mol. The lowest BCUT2D eigenvalue weighted by atomic mass is 10.2. The van der Waals surface area contributed by atoms with Crippen LogP contribution in [-0.2, 0) is 19.1 Å². The number of nitrogens with one attached hydrogen (secondary N) is 3. The summed E-state index contributed by atoms with van der Waals surface area (Å²) >= 11 is 0. The zero-order chi connectivity index (χ0) is 24.2. The van der Waals surface area contributed by atoms with E-state index in [1.165, 1.54) is 6.21 Å². The predicted octanol–water partition coefficient (Wildman–Crippen LogP) is 1.85. The first-order valence-electron chi connectivity index (χ1n) is 11.0. The van der Waals surface area contributed by atoms with Crippen LogP contribution >= 0.6 is 0 Å². The third kappa shape index (κ3) is 8.21. The molecule has 0 aliphatic carbocycles. The summed E-state index contributed by atoms with van der Waals surface area (Å²) in [4.78, 5) is 35.8. The summed E-state index contributed by atoms with van der Waals surface area (Å²) in [5.41, 5.74) is 3.30. The Bertz CT molecular complexity index is 986. The van der Waals surface area contributed by atoms with E-state index in [0.29, 0.717) is 35.9 Å². The van der Waals surface area contributed by atoms with Crippen LogP contribution in [0.4, 0.5) is 5.69 Å². The number of ether oxygens (including phenoxy) is 3. The summed E-state index contributed by atoms with van der Waals surface area (Å²) < 4.78 is 16.2. The van der Waals surface area contributed by atoms with Gasteiger partial charge in [0.15, 0.2) is 6.61 Å². The van der Waals surface area contributed by atoms with Crippen LogP contribution in [0, 0.1) is 0 Å². The van der Waals surface area contributed by atoms with E-state index in [0.717, 1.165) is 19.4 Å². The van der Waals surface area contributed by atoms with E-state index in [1.807, 2.05) is 6.92 Å². The molecule has 3 amide bonds. The van der Waals surface area contributed by atoms with Gasteiger partial charge in [0.25, 0.3) is 5.91 Å². The van der Waals surface area contributed by atoms with Gasteiger partial charge in [0.1, 0.15) is 11.5 Å². The topological polar surface area (TPSA) is 127 Å². The molecule has 0 spiro atoms. The minimum absolute atomic E-state index is 0.0845. The molecule has 10 nitrogen and oxygen atoms in total. The van der Waals surface area contributed by atoms with Crippen molar-refractivity contribution in [2.24, 2.45) is 5.10 Å². The molecule has 0 bridgehead atoms. The number of anilines is 1. The molecule has 0 unspecified atom stereocenters. The lowest BCUT2D eigenvalue weighted by molar-refractivity contribution is -0.136. The largest absolute Gasteiger partial charge is 0.494 e. The molecular formula is C24H28N4O6. The van der Waals surface area contributed by atoms with Gasteiger partial charge in [-0.3, -0.25) is 14.4 Å². The summed E-state index contributed by atoms with van der Waals surface area (Å²) in [5, 5.41) is 9.05. The van der Waals surface area contributed by atoms with Crippen LogP contribution in [0.2, 0.25) is 0 Å². The number of rotatable bonds is 10. The standard InChI is InChI=1S/C24H28N4O6/c1-2-32-19-11-7-18(8-12-19)27-23(30)24(31)28-26-14-17-5-9-20(10-6-17)34-16-22(29)25-15-21-4-3-13-33-21/h5-12,14,21H,2-4,13,15-16H2,1H3,(H,25,29)(H,27,30)(H,28,31)/b26-14-/t21-/m0/s1. The van der Waals surface area contributed by atoms with Crippen molar-refractivity contribution < 1.29 is 28.6 Å². The van der Waals surface area contributed by atoms with Gasteiger partial charge in [-0.2, -0.15) is 5.10 Å². The normalized spacial score (nSPS) is 15.0. The van der Waals surface area contributed by atoms with Crippen LogP contribution in [0.5, 0.6) is 11.5 Å². The van der Waals surface area contributed by atoms with Crippen molar-refractivity contribution in [3.63, 3.8) is 0 Å². The second-order valence-corrected chi connectivity index (χ2v) is 7.41. The number of hydrazone groups is 1. The van der Waals surface area contributed by atoms with Crippen molar-refractivity contribution in [1.29, 1.82) is 0 Å². The zero-order valence-electron chi connectivity index (χ0n) is 18.9. The van der Waals surface area contributed by atoms with Crippen molar-refractivity contribution in [3.05, 3.63) is 54.1 Å². The molecule has 3 rings (SSSR count). The van der Waals surface area contributed by atoms with Crippen molar-refractivity contribution in [3.8, 4) is 11.5 Å². The van der Waals surface area contributed by atoms with E-state index in [2.05, 4.69) is 21.2 Å². The van der Waals surface area contributed by atoms with Crippen molar-refractivity contribution in [2.75, 3.05) is 31.7 Å². The van der Waals surface area contributed by atoms with Crippen LogP contribution in [-0.4, -0.2) is 56.4 Å². The molecule has 180 valence electrons. The Morgan fingerprint density at radius 3 is 2.41 bits per heavy atom. The molecule has 0 radical (unpaired) electrons. The zero-order valence-corrected chi connectivity index (χ0v) is 18.9. The molecule has 1 aliphatic heterocycles. The SMILES string of the molecule is CCOc1ccc(NC(=O)C(=O)N/N=C\c2ccc(OCC(=O)NC[C@@H]3CCCO3)cc2)cc1. The molecule has 10 heteroatoms. The quantitative estimate of drug-likeness (QED) is 0.277. The van der Waals surface area contributed by atoms with Gasteiger partial charge in [-0.25, -0.2) is 5.43 Å². The van der Waals surface area contributed by atoms with Gasteiger partial charge >= 0.3 is 11.8 Å². The molecule has 34 heavy (non-hydrogen) atoms. The van der Waals surface area contributed by atoms with Crippen LogP contribution in [0.3, 0.4) is 0 Å². The monoisotopic (exact) mass is 468 g/mol. The predicted molar refractivity (Wildman–Crippen MR) is 126 cm³/mol. The molecule has 0 aromatic heterocycles. The number of carbonyl (C=O) groups excluding carboxylic acids is 3. The minimum atomic E-state index is -0.904. The third-order valence-corrected chi connectivity index (χ3v) is 4.81. The number of benzene rings is 2. The van der Waals surface area contributed by atoms with Crippen LogP contribution < -0.4 is 25.5 Å². The Morgan fingerprint density at radius 1 is 1.03 bits per heavy atom. The molecule has 1 heterocycles. The molecular weight excluding hydrogens is 440 g/mol. The number of carbonyl (C=O) groups is 3. The van der Waals surface area contributed by atoms with Crippen LogP contribution in [0.25, 0.3) is 0 Å². The van der Waals surface area contributed by atoms with E-state index in [4.69, 9.17) is 14.2 Å². The number of amides is 3. The molecule has 1 fully saturated rings. The highest BCUT2D eigenvalue weighted by atomic mass is 16.5. The van der Waals surface area contributed by atoms with Crippen LogP contribution in [0.1, 0.15) is 25.3 Å². The summed E-state index contributed by atoms with van der Waals surface area (Å²) in [5.74, 6) is -0.777. The van der Waals surface area contributed by atoms with Gasteiger partial charge in [0, 0.05) is 18.8 Å². The number of hydrogen-bond donors (Lipinski definition) is 3. The second kappa shape index (κ2) is 12.9. The summed E-state index contributed by atoms with van der Waals surface area (Å²) in [6.07, 6.45) is 3.45. The highest BCUT2D eigenvalue weighted by Crippen LogP contribution is 2.15. The van der Waals surface area contributed by atoms with Gasteiger partial charge in [-0.1, -0.05) is 0 Å². The molecule has 1 atom stereocenters. The number of hydrogen-bond acceptors (Lipinski definition) is 7. The third-order valence-electron chi connectivity index (χ3n) is 4.81. The van der Waals surface area contributed by atoms with E-state index in [1.54, 1.807) is 48.5 Å². The Kier molecular flexibility index (Phi) is 9.41. The Hall–Kier alpha value is -3.92. The molecule has 1 saturated heterocycles. The van der Waals surface area contributed by atoms with Gasteiger partial charge in [-0.15, -0.1) is 0 Å². The molecule has 2 aromatic carbocycles. The van der Waals surface area contributed by atoms with E-state index in [-0.39, 0.29) is 18.6 Å². The van der Waals surface area contributed by atoms with Gasteiger partial charge in [-0.05, 0) is 73.9 Å². The van der Waals surface area contributed by atoms with E-state index in [9.17, 15) is 14.4 Å². The molecule has 0 saturated carbocycles. The fourth-order valence-corrected chi connectivity index (χ4v) is 3.09. The maximum atomic E-state index is 12.0. The lowest BCUT2D eigenvalue weighted by Crippen LogP contribution is -2.35. The van der Waals surface area contributed by atoms with Crippen molar-refractivity contribution in [2.45, 2.75) is 25.9 Å². The molecule has 1 aliphatic rings. The fourth-order valence-electron chi connectivity index (χ4n) is 3.09. The summed E-state index contributed by atoms with van der Waals surface area (Å²) in [6.45, 7) is 3.54. The molecule has 2 aromatic rings. The first kappa shape index (κ1) is 24.7. The maximum Gasteiger partial charge on any atom is 0.329 e. The first-order chi connectivity index (χ1) is 16.5. The minimum Gasteiger partial charge on any atom is -0.494 e. The van der Waals surface area contributed by atoms with E-state index >= 15 is 0 Å². The highest BCUT2D eigenvalue weighted by Gasteiger charge is 2.16.